The Labute approximate surface area is 286 Å². The number of hydrogen-bond donors (Lipinski definition) is 3. The molecule has 8 rings (SSSR count). The maximum absolute atomic E-state index is 13.2. The van der Waals surface area contributed by atoms with Gasteiger partial charge in [-0.3, -0.25) is 14.4 Å². The molecule has 9 nitrogen and oxygen atoms in total. The molecule has 0 saturated heterocycles. The van der Waals surface area contributed by atoms with Gasteiger partial charge in [0, 0.05) is 48.1 Å². The number of halogens is 1. The number of carbonyl (C=O) groups is 4. The number of methoxy groups -OCH3 is 1. The van der Waals surface area contributed by atoms with E-state index in [0.29, 0.717) is 31.5 Å². The van der Waals surface area contributed by atoms with Crippen LogP contribution in [0.3, 0.4) is 0 Å². The number of para-hydroxylation sites is 1. The number of rotatable bonds is 11. The van der Waals surface area contributed by atoms with Crippen molar-refractivity contribution < 1.29 is 23.9 Å². The summed E-state index contributed by atoms with van der Waals surface area (Å²) in [5.74, 6) is 1.35. The molecule has 4 bridgehead atoms. The molecule has 4 saturated carbocycles. The van der Waals surface area contributed by atoms with Crippen LogP contribution < -0.4 is 10.6 Å². The summed E-state index contributed by atoms with van der Waals surface area (Å²) in [5.41, 5.74) is 4.17. The number of nitrogens with zero attached hydrogens (tertiary/aromatic N) is 1. The number of aromatic nitrogens is 1. The van der Waals surface area contributed by atoms with Gasteiger partial charge in [0.25, 0.3) is 5.91 Å². The zero-order chi connectivity index (χ0) is 33.4. The van der Waals surface area contributed by atoms with Crippen molar-refractivity contribution in [3.05, 3.63) is 70.9 Å². The molecule has 1 aliphatic heterocycles. The summed E-state index contributed by atoms with van der Waals surface area (Å²) >= 11 is 6.06. The first kappa shape index (κ1) is 32.7. The Morgan fingerprint density at radius 1 is 0.917 bits per heavy atom. The maximum atomic E-state index is 13.2. The number of ether oxygens (including phenoxy) is 1. The van der Waals surface area contributed by atoms with Crippen LogP contribution in [-0.4, -0.2) is 65.7 Å². The molecule has 4 aliphatic carbocycles. The summed E-state index contributed by atoms with van der Waals surface area (Å²) in [7, 11) is 1.32. The lowest BCUT2D eigenvalue weighted by molar-refractivity contribution is -0.154. The summed E-state index contributed by atoms with van der Waals surface area (Å²) in [4.78, 5) is 57.0. The molecule has 0 unspecified atom stereocenters. The number of nitrogens with one attached hydrogen (secondary N) is 3. The fourth-order valence-corrected chi connectivity index (χ4v) is 9.98. The third-order valence-corrected chi connectivity index (χ3v) is 11.6. The average molecular weight is 673 g/mol. The molecule has 254 valence electrons. The van der Waals surface area contributed by atoms with Crippen molar-refractivity contribution in [2.45, 2.75) is 76.3 Å². The van der Waals surface area contributed by atoms with Crippen LogP contribution in [0.4, 0.5) is 0 Å². The van der Waals surface area contributed by atoms with Crippen LogP contribution >= 0.6 is 11.6 Å². The molecule has 3 amide bonds. The standard InChI is InChI=1S/C38H45ClN4O5/c1-48-37(47)31-17-29-28-6-2-3-7-30(28)42-34(29)35(43(31)33(45)22-39)26-8-10-27(11-9-26)36(46)41-13-5-4-12-40-32(44)21-38-18-23-14-24(19-38)16-25(15-23)20-38/h2-3,6-11,23-25,31,35,42H,4-5,12-22H2,1H3,(H,40,44)(H,41,46)/t23?,24?,25?,31-,35-,38?/m1/s1. The Kier molecular flexibility index (Phi) is 9.24. The van der Waals surface area contributed by atoms with Gasteiger partial charge < -0.3 is 25.3 Å². The van der Waals surface area contributed by atoms with Crippen LogP contribution in [0.15, 0.2) is 48.5 Å². The van der Waals surface area contributed by atoms with E-state index in [9.17, 15) is 19.2 Å². The summed E-state index contributed by atoms with van der Waals surface area (Å²) in [6, 6.07) is 13.5. The molecule has 1 aromatic heterocycles. The van der Waals surface area contributed by atoms with E-state index in [2.05, 4.69) is 15.6 Å². The minimum atomic E-state index is -0.845. The van der Waals surface area contributed by atoms with Gasteiger partial charge in [0.15, 0.2) is 0 Å². The number of H-pyrrole nitrogens is 1. The summed E-state index contributed by atoms with van der Waals surface area (Å²) < 4.78 is 5.12. The van der Waals surface area contributed by atoms with E-state index in [1.807, 2.05) is 36.4 Å². The molecule has 0 spiro atoms. The number of amides is 3. The number of esters is 1. The van der Waals surface area contributed by atoms with Gasteiger partial charge in [-0.15, -0.1) is 11.6 Å². The zero-order valence-electron chi connectivity index (χ0n) is 27.6. The number of hydrogen-bond acceptors (Lipinski definition) is 5. The molecular formula is C38H45ClN4O5. The molecule has 2 atom stereocenters. The van der Waals surface area contributed by atoms with Crippen molar-refractivity contribution in [1.29, 1.82) is 0 Å². The third-order valence-electron chi connectivity index (χ3n) is 11.4. The molecule has 48 heavy (non-hydrogen) atoms. The van der Waals surface area contributed by atoms with E-state index in [4.69, 9.17) is 16.3 Å². The van der Waals surface area contributed by atoms with Crippen LogP contribution in [0.25, 0.3) is 10.9 Å². The Balaban J connectivity index is 0.951. The lowest BCUT2D eigenvalue weighted by atomic mass is 9.49. The first-order valence-electron chi connectivity index (χ1n) is 17.5. The quantitative estimate of drug-likeness (QED) is 0.138. The number of carbonyl (C=O) groups excluding carboxylic acids is 4. The number of benzene rings is 2. The molecule has 2 aromatic carbocycles. The molecule has 3 aromatic rings. The van der Waals surface area contributed by atoms with Crippen molar-refractivity contribution in [3.8, 4) is 0 Å². The summed E-state index contributed by atoms with van der Waals surface area (Å²) in [5, 5.41) is 7.12. The second-order valence-electron chi connectivity index (χ2n) is 14.7. The molecular weight excluding hydrogens is 628 g/mol. The van der Waals surface area contributed by atoms with Gasteiger partial charge in [-0.25, -0.2) is 4.79 Å². The van der Waals surface area contributed by atoms with Crippen LogP contribution in [0.2, 0.25) is 0 Å². The zero-order valence-corrected chi connectivity index (χ0v) is 28.3. The highest BCUT2D eigenvalue weighted by Crippen LogP contribution is 2.61. The Morgan fingerprint density at radius 2 is 1.56 bits per heavy atom. The Morgan fingerprint density at radius 3 is 2.21 bits per heavy atom. The normalized spacial score (nSPS) is 27.0. The van der Waals surface area contributed by atoms with Gasteiger partial charge in [-0.1, -0.05) is 30.3 Å². The number of aromatic amines is 1. The second kappa shape index (κ2) is 13.6. The minimum absolute atomic E-state index is 0.183. The fourth-order valence-electron chi connectivity index (χ4n) is 9.84. The monoisotopic (exact) mass is 672 g/mol. The maximum Gasteiger partial charge on any atom is 0.328 e. The van der Waals surface area contributed by atoms with Gasteiger partial charge in [-0.05, 0) is 104 Å². The van der Waals surface area contributed by atoms with Gasteiger partial charge in [0.2, 0.25) is 11.8 Å². The highest BCUT2D eigenvalue weighted by atomic mass is 35.5. The van der Waals surface area contributed by atoms with Crippen molar-refractivity contribution >= 4 is 46.2 Å². The van der Waals surface area contributed by atoms with Crippen molar-refractivity contribution in [3.63, 3.8) is 0 Å². The molecule has 5 aliphatic rings. The Bertz CT molecular complexity index is 1670. The van der Waals surface area contributed by atoms with Crippen LogP contribution in [0.1, 0.15) is 91.0 Å². The van der Waals surface area contributed by atoms with E-state index in [1.54, 1.807) is 12.1 Å². The van der Waals surface area contributed by atoms with Gasteiger partial charge in [-0.2, -0.15) is 0 Å². The van der Waals surface area contributed by atoms with Crippen molar-refractivity contribution in [2.75, 3.05) is 26.1 Å². The van der Waals surface area contributed by atoms with E-state index in [1.165, 1.54) is 50.5 Å². The number of fused-ring (bicyclic) bond motifs is 3. The predicted molar refractivity (Wildman–Crippen MR) is 183 cm³/mol. The largest absolute Gasteiger partial charge is 0.467 e. The number of alkyl halides is 1. The molecule has 3 N–H and O–H groups in total. The second-order valence-corrected chi connectivity index (χ2v) is 14.9. The fraction of sp³-hybridized carbons (Fsp3) is 0.526. The highest BCUT2D eigenvalue weighted by molar-refractivity contribution is 6.27. The summed E-state index contributed by atoms with van der Waals surface area (Å²) in [6.45, 7) is 1.13. The van der Waals surface area contributed by atoms with Crippen molar-refractivity contribution in [2.24, 2.45) is 23.2 Å². The smallest absolute Gasteiger partial charge is 0.328 e. The first-order chi connectivity index (χ1) is 23.3. The van der Waals surface area contributed by atoms with Gasteiger partial charge in [0.1, 0.15) is 11.9 Å². The lowest BCUT2D eigenvalue weighted by Gasteiger charge is -2.56. The summed E-state index contributed by atoms with van der Waals surface area (Å²) in [6.07, 6.45) is 10.4. The van der Waals surface area contributed by atoms with Gasteiger partial charge >= 0.3 is 5.97 Å². The van der Waals surface area contributed by atoms with Crippen LogP contribution in [-0.2, 0) is 25.5 Å². The molecule has 2 heterocycles. The average Bonchev–Trinajstić information content (AvgIpc) is 3.45. The van der Waals surface area contributed by atoms with Crippen molar-refractivity contribution in [1.82, 2.24) is 20.5 Å². The predicted octanol–water partition coefficient (Wildman–Crippen LogP) is 5.66. The van der Waals surface area contributed by atoms with Crippen LogP contribution in [0.5, 0.6) is 0 Å². The lowest BCUT2D eigenvalue weighted by Crippen LogP contribution is -2.52. The molecule has 10 heteroatoms. The topological polar surface area (TPSA) is 121 Å². The van der Waals surface area contributed by atoms with E-state index < -0.39 is 18.1 Å². The van der Waals surface area contributed by atoms with E-state index in [0.717, 1.165) is 58.3 Å². The van der Waals surface area contributed by atoms with Crippen LogP contribution in [0, 0.1) is 23.2 Å². The third kappa shape index (κ3) is 6.33. The number of unbranched alkanes of at least 4 members (excludes halogenated alkanes) is 1. The first-order valence-corrected chi connectivity index (χ1v) is 18.0. The highest BCUT2D eigenvalue weighted by Gasteiger charge is 2.51. The minimum Gasteiger partial charge on any atom is -0.467 e. The van der Waals surface area contributed by atoms with Gasteiger partial charge in [0.05, 0.1) is 13.2 Å². The Hall–Kier alpha value is -3.85. The van der Waals surface area contributed by atoms with E-state index in [-0.39, 0.29) is 29.0 Å². The molecule has 0 radical (unpaired) electrons. The van der Waals surface area contributed by atoms with E-state index >= 15 is 0 Å². The molecule has 4 fully saturated rings. The SMILES string of the molecule is COC(=O)[C@H]1Cc2c([nH]c3ccccc23)[C@@H](c2ccc(C(=O)NCCCCNC(=O)CC34CC5CC(CC(C5)C3)C4)cc2)N1C(=O)CCl.